The molecule has 0 atom stereocenters. The van der Waals surface area contributed by atoms with Crippen LogP contribution in [0.5, 0.6) is 0 Å². The normalized spacial score (nSPS) is 9.92. The number of nitrogens with two attached hydrogens (primary N) is 1. The molecule has 0 aliphatic carbocycles. The molecule has 2 N–H and O–H groups in total. The summed E-state index contributed by atoms with van der Waals surface area (Å²) in [4.78, 5) is 15.7. The molecular weight excluding hydrogens is 176 g/mol. The third kappa shape index (κ3) is 1.62. The summed E-state index contributed by atoms with van der Waals surface area (Å²) in [6.07, 6.45) is 0. The standard InChI is InChI=1S/C7H10N2O2S/c1-4-6(7(10)11-2)12-5(3-8)9-4/h3,8H2,1-2H3. The number of aromatic nitrogens is 1. The molecule has 0 amide bonds. The highest BCUT2D eigenvalue weighted by Crippen LogP contribution is 2.18. The summed E-state index contributed by atoms with van der Waals surface area (Å²) in [5.74, 6) is -0.343. The number of rotatable bonds is 2. The Hall–Kier alpha value is -0.940. The van der Waals surface area contributed by atoms with Gasteiger partial charge in [-0.1, -0.05) is 0 Å². The Kier molecular flexibility index (Phi) is 2.78. The Morgan fingerprint density at radius 1 is 1.75 bits per heavy atom. The minimum atomic E-state index is -0.343. The molecule has 0 saturated heterocycles. The maximum absolute atomic E-state index is 11.1. The number of nitrogens with zero attached hydrogens (tertiary/aromatic N) is 1. The van der Waals surface area contributed by atoms with Gasteiger partial charge in [0.2, 0.25) is 0 Å². The van der Waals surface area contributed by atoms with Crippen molar-refractivity contribution in [3.8, 4) is 0 Å². The minimum absolute atomic E-state index is 0.343. The molecule has 12 heavy (non-hydrogen) atoms. The fraction of sp³-hybridized carbons (Fsp3) is 0.429. The van der Waals surface area contributed by atoms with Crippen molar-refractivity contribution in [2.75, 3.05) is 7.11 Å². The Balaban J connectivity index is 2.99. The van der Waals surface area contributed by atoms with Gasteiger partial charge in [0, 0.05) is 6.54 Å². The molecule has 1 heterocycles. The smallest absolute Gasteiger partial charge is 0.349 e. The van der Waals surface area contributed by atoms with Crippen LogP contribution in [-0.2, 0) is 11.3 Å². The number of carbonyl (C=O) groups excluding carboxylic acids is 1. The number of methoxy groups -OCH3 is 1. The van der Waals surface area contributed by atoms with Crippen LogP contribution in [0.1, 0.15) is 20.4 Å². The molecule has 0 bridgehead atoms. The van der Waals surface area contributed by atoms with Gasteiger partial charge in [-0.3, -0.25) is 0 Å². The van der Waals surface area contributed by atoms with E-state index in [-0.39, 0.29) is 5.97 Å². The second-order valence-electron chi connectivity index (χ2n) is 2.22. The lowest BCUT2D eigenvalue weighted by atomic mass is 10.4. The van der Waals surface area contributed by atoms with Crippen molar-refractivity contribution in [3.05, 3.63) is 15.6 Å². The Morgan fingerprint density at radius 3 is 2.83 bits per heavy atom. The molecule has 0 radical (unpaired) electrons. The topological polar surface area (TPSA) is 65.2 Å². The molecule has 0 fully saturated rings. The van der Waals surface area contributed by atoms with E-state index in [0.717, 1.165) is 5.01 Å². The van der Waals surface area contributed by atoms with Crippen molar-refractivity contribution in [2.24, 2.45) is 5.73 Å². The second-order valence-corrected chi connectivity index (χ2v) is 3.30. The number of esters is 1. The predicted molar refractivity (Wildman–Crippen MR) is 46.1 cm³/mol. The molecule has 0 spiro atoms. The molecule has 66 valence electrons. The highest BCUT2D eigenvalue weighted by molar-refractivity contribution is 7.13. The lowest BCUT2D eigenvalue weighted by Gasteiger charge is -1.93. The third-order valence-electron chi connectivity index (χ3n) is 1.39. The fourth-order valence-electron chi connectivity index (χ4n) is 0.822. The average Bonchev–Trinajstić information content (AvgIpc) is 2.45. The first-order valence-electron chi connectivity index (χ1n) is 3.43. The highest BCUT2D eigenvalue weighted by atomic mass is 32.1. The van der Waals surface area contributed by atoms with E-state index in [1.807, 2.05) is 0 Å². The van der Waals surface area contributed by atoms with Gasteiger partial charge in [0.15, 0.2) is 0 Å². The first-order chi connectivity index (χ1) is 5.69. The molecule has 4 nitrogen and oxygen atoms in total. The van der Waals surface area contributed by atoms with Crippen molar-refractivity contribution in [2.45, 2.75) is 13.5 Å². The maximum Gasteiger partial charge on any atom is 0.349 e. The fourth-order valence-corrected chi connectivity index (χ4v) is 1.68. The first kappa shape index (κ1) is 9.15. The zero-order valence-electron chi connectivity index (χ0n) is 6.96. The van der Waals surface area contributed by atoms with Crippen molar-refractivity contribution >= 4 is 17.3 Å². The molecule has 1 aromatic rings. The molecule has 0 aliphatic heterocycles. The monoisotopic (exact) mass is 186 g/mol. The van der Waals surface area contributed by atoms with Crippen molar-refractivity contribution in [3.63, 3.8) is 0 Å². The zero-order valence-corrected chi connectivity index (χ0v) is 7.77. The van der Waals surface area contributed by atoms with Crippen LogP contribution >= 0.6 is 11.3 Å². The number of hydrogen-bond acceptors (Lipinski definition) is 5. The van der Waals surface area contributed by atoms with Crippen molar-refractivity contribution in [1.82, 2.24) is 4.98 Å². The van der Waals surface area contributed by atoms with E-state index in [9.17, 15) is 4.79 Å². The van der Waals surface area contributed by atoms with Crippen LogP contribution in [0.3, 0.4) is 0 Å². The van der Waals surface area contributed by atoms with E-state index in [2.05, 4.69) is 9.72 Å². The summed E-state index contributed by atoms with van der Waals surface area (Å²) >= 11 is 1.28. The van der Waals surface area contributed by atoms with Crippen molar-refractivity contribution < 1.29 is 9.53 Å². The van der Waals surface area contributed by atoms with Gasteiger partial charge in [-0.15, -0.1) is 11.3 Å². The van der Waals surface area contributed by atoms with Gasteiger partial charge >= 0.3 is 5.97 Å². The average molecular weight is 186 g/mol. The summed E-state index contributed by atoms with van der Waals surface area (Å²) in [5, 5.41) is 0.757. The van der Waals surface area contributed by atoms with Crippen LogP contribution in [0.2, 0.25) is 0 Å². The van der Waals surface area contributed by atoms with Gasteiger partial charge in [0.25, 0.3) is 0 Å². The minimum Gasteiger partial charge on any atom is -0.465 e. The Morgan fingerprint density at radius 2 is 2.42 bits per heavy atom. The molecule has 1 rings (SSSR count). The van der Waals surface area contributed by atoms with Gasteiger partial charge in [-0.25, -0.2) is 9.78 Å². The second kappa shape index (κ2) is 3.64. The van der Waals surface area contributed by atoms with E-state index in [4.69, 9.17) is 5.73 Å². The molecule has 5 heteroatoms. The van der Waals surface area contributed by atoms with Gasteiger partial charge < -0.3 is 10.5 Å². The lowest BCUT2D eigenvalue weighted by molar-refractivity contribution is 0.0605. The van der Waals surface area contributed by atoms with Gasteiger partial charge in [0.05, 0.1) is 12.8 Å². The van der Waals surface area contributed by atoms with Crippen LogP contribution in [0.4, 0.5) is 0 Å². The Labute approximate surface area is 74.4 Å². The van der Waals surface area contributed by atoms with Crippen LogP contribution in [0, 0.1) is 6.92 Å². The molecule has 1 aromatic heterocycles. The van der Waals surface area contributed by atoms with Crippen LogP contribution in [0.25, 0.3) is 0 Å². The van der Waals surface area contributed by atoms with E-state index in [1.54, 1.807) is 6.92 Å². The van der Waals surface area contributed by atoms with Crippen molar-refractivity contribution in [1.29, 1.82) is 0 Å². The number of hydrogen-bond donors (Lipinski definition) is 1. The van der Waals surface area contributed by atoms with Crippen LogP contribution < -0.4 is 5.73 Å². The number of carbonyl (C=O) groups is 1. The largest absolute Gasteiger partial charge is 0.465 e. The zero-order chi connectivity index (χ0) is 9.14. The summed E-state index contributed by atoms with van der Waals surface area (Å²) < 4.78 is 4.57. The Bertz CT molecular complexity index is 296. The molecular formula is C7H10N2O2S. The first-order valence-corrected chi connectivity index (χ1v) is 4.25. The molecule has 0 aliphatic rings. The van der Waals surface area contributed by atoms with E-state index in [0.29, 0.717) is 17.1 Å². The van der Waals surface area contributed by atoms with Gasteiger partial charge in [-0.05, 0) is 6.92 Å². The number of aryl methyl sites for hydroxylation is 1. The number of thiazole rings is 1. The quantitative estimate of drug-likeness (QED) is 0.690. The maximum atomic E-state index is 11.1. The molecule has 0 aromatic carbocycles. The van der Waals surface area contributed by atoms with E-state index >= 15 is 0 Å². The van der Waals surface area contributed by atoms with Crippen LogP contribution in [-0.4, -0.2) is 18.1 Å². The van der Waals surface area contributed by atoms with E-state index in [1.165, 1.54) is 18.4 Å². The third-order valence-corrected chi connectivity index (χ3v) is 2.55. The molecule has 0 saturated carbocycles. The van der Waals surface area contributed by atoms with E-state index < -0.39 is 0 Å². The SMILES string of the molecule is COC(=O)c1sc(CN)nc1C. The summed E-state index contributed by atoms with van der Waals surface area (Å²) in [6.45, 7) is 2.13. The van der Waals surface area contributed by atoms with Gasteiger partial charge in [0.1, 0.15) is 9.88 Å². The number of ether oxygens (including phenoxy) is 1. The summed E-state index contributed by atoms with van der Waals surface area (Å²) in [7, 11) is 1.35. The summed E-state index contributed by atoms with van der Waals surface area (Å²) in [6, 6.07) is 0. The lowest BCUT2D eigenvalue weighted by Crippen LogP contribution is -1.99. The highest BCUT2D eigenvalue weighted by Gasteiger charge is 2.14. The molecule has 0 unspecified atom stereocenters. The van der Waals surface area contributed by atoms with Gasteiger partial charge in [-0.2, -0.15) is 0 Å². The van der Waals surface area contributed by atoms with Crippen LogP contribution in [0.15, 0.2) is 0 Å². The predicted octanol–water partition coefficient (Wildman–Crippen LogP) is 0.697. The summed E-state index contributed by atoms with van der Waals surface area (Å²) in [5.41, 5.74) is 6.06.